The van der Waals surface area contributed by atoms with Crippen LogP contribution in [-0.4, -0.2) is 30.8 Å². The standard InChI is InChI=1S/C10H10N4O2/c1-7(10(15)16)14-6-8(4-13-14)9-5-11-2-3-12-9/h2-7H,1H3,(H,15,16). The van der Waals surface area contributed by atoms with Crippen molar-refractivity contribution in [3.05, 3.63) is 31.0 Å². The van der Waals surface area contributed by atoms with Gasteiger partial charge in [-0.15, -0.1) is 0 Å². The van der Waals surface area contributed by atoms with Gasteiger partial charge in [-0.05, 0) is 6.92 Å². The maximum atomic E-state index is 10.8. The van der Waals surface area contributed by atoms with Gasteiger partial charge in [0.1, 0.15) is 6.04 Å². The zero-order valence-corrected chi connectivity index (χ0v) is 8.61. The smallest absolute Gasteiger partial charge is 0.328 e. The van der Waals surface area contributed by atoms with Crippen LogP contribution in [0.5, 0.6) is 0 Å². The molecule has 0 bridgehead atoms. The fourth-order valence-corrected chi connectivity index (χ4v) is 1.24. The van der Waals surface area contributed by atoms with Crippen LogP contribution in [0.2, 0.25) is 0 Å². The van der Waals surface area contributed by atoms with E-state index < -0.39 is 12.0 Å². The summed E-state index contributed by atoms with van der Waals surface area (Å²) in [5, 5.41) is 12.8. The maximum Gasteiger partial charge on any atom is 0.328 e. The molecule has 6 nitrogen and oxygen atoms in total. The third-order valence-electron chi connectivity index (χ3n) is 2.21. The fraction of sp³-hybridized carbons (Fsp3) is 0.200. The Hall–Kier alpha value is -2.24. The van der Waals surface area contributed by atoms with Crippen molar-refractivity contribution in [2.75, 3.05) is 0 Å². The van der Waals surface area contributed by atoms with E-state index in [1.54, 1.807) is 37.9 Å². The summed E-state index contributed by atoms with van der Waals surface area (Å²) < 4.78 is 1.38. The van der Waals surface area contributed by atoms with Crippen molar-refractivity contribution in [3.8, 4) is 11.3 Å². The van der Waals surface area contributed by atoms with Gasteiger partial charge in [-0.1, -0.05) is 0 Å². The number of carboxylic acids is 1. The lowest BCUT2D eigenvalue weighted by atomic mass is 10.3. The molecule has 2 rings (SSSR count). The molecule has 1 atom stereocenters. The van der Waals surface area contributed by atoms with Crippen molar-refractivity contribution in [1.29, 1.82) is 0 Å². The van der Waals surface area contributed by atoms with E-state index in [1.165, 1.54) is 4.68 Å². The Morgan fingerprint density at radius 1 is 1.44 bits per heavy atom. The van der Waals surface area contributed by atoms with Crippen LogP contribution in [0.4, 0.5) is 0 Å². The average molecular weight is 218 g/mol. The summed E-state index contributed by atoms with van der Waals surface area (Å²) in [5.41, 5.74) is 1.42. The lowest BCUT2D eigenvalue weighted by Crippen LogP contribution is -2.15. The molecule has 0 aliphatic rings. The molecule has 0 fully saturated rings. The topological polar surface area (TPSA) is 80.9 Å². The largest absolute Gasteiger partial charge is 0.480 e. The van der Waals surface area contributed by atoms with E-state index in [0.717, 1.165) is 5.56 Å². The Kier molecular flexibility index (Phi) is 2.63. The van der Waals surface area contributed by atoms with Crippen molar-refractivity contribution in [2.45, 2.75) is 13.0 Å². The number of aromatic nitrogens is 4. The second-order valence-electron chi connectivity index (χ2n) is 3.31. The van der Waals surface area contributed by atoms with E-state index in [4.69, 9.17) is 5.11 Å². The molecule has 0 aliphatic carbocycles. The normalized spacial score (nSPS) is 12.3. The van der Waals surface area contributed by atoms with Gasteiger partial charge in [0.15, 0.2) is 0 Å². The minimum absolute atomic E-state index is 0.673. The number of aliphatic carboxylic acids is 1. The van der Waals surface area contributed by atoms with Gasteiger partial charge >= 0.3 is 5.97 Å². The first-order chi connectivity index (χ1) is 7.68. The second-order valence-corrected chi connectivity index (χ2v) is 3.31. The Bertz CT molecular complexity index is 495. The summed E-state index contributed by atoms with van der Waals surface area (Å²) >= 11 is 0. The molecule has 0 saturated heterocycles. The molecule has 0 amide bonds. The van der Waals surface area contributed by atoms with Crippen LogP contribution in [0.15, 0.2) is 31.0 Å². The molecule has 0 spiro atoms. The third-order valence-corrected chi connectivity index (χ3v) is 2.21. The van der Waals surface area contributed by atoms with Gasteiger partial charge in [0, 0.05) is 24.2 Å². The van der Waals surface area contributed by atoms with Crippen LogP contribution in [0.25, 0.3) is 11.3 Å². The van der Waals surface area contributed by atoms with Gasteiger partial charge in [-0.2, -0.15) is 5.10 Å². The molecule has 0 aliphatic heterocycles. The number of carboxylic acid groups (broad SMARTS) is 1. The van der Waals surface area contributed by atoms with Crippen molar-refractivity contribution in [3.63, 3.8) is 0 Å². The fourth-order valence-electron chi connectivity index (χ4n) is 1.24. The van der Waals surface area contributed by atoms with E-state index >= 15 is 0 Å². The lowest BCUT2D eigenvalue weighted by molar-refractivity contribution is -0.140. The molecule has 0 aromatic carbocycles. The zero-order chi connectivity index (χ0) is 11.5. The average Bonchev–Trinajstić information content (AvgIpc) is 2.78. The minimum atomic E-state index is -0.922. The lowest BCUT2D eigenvalue weighted by Gasteiger charge is -2.04. The van der Waals surface area contributed by atoms with Crippen molar-refractivity contribution in [2.24, 2.45) is 0 Å². The van der Waals surface area contributed by atoms with Gasteiger partial charge in [0.05, 0.1) is 18.1 Å². The number of hydrogen-bond acceptors (Lipinski definition) is 4. The predicted octanol–water partition coefficient (Wildman–Crippen LogP) is 0.986. The highest BCUT2D eigenvalue weighted by molar-refractivity contribution is 5.71. The van der Waals surface area contributed by atoms with Crippen molar-refractivity contribution < 1.29 is 9.90 Å². The summed E-state index contributed by atoms with van der Waals surface area (Å²) in [6.07, 6.45) is 7.97. The summed E-state index contributed by atoms with van der Waals surface area (Å²) in [4.78, 5) is 18.8. The Balaban J connectivity index is 2.30. The minimum Gasteiger partial charge on any atom is -0.480 e. The molecule has 2 heterocycles. The Labute approximate surface area is 91.6 Å². The zero-order valence-electron chi connectivity index (χ0n) is 8.61. The molecule has 2 aromatic heterocycles. The van der Waals surface area contributed by atoms with E-state index in [1.807, 2.05) is 0 Å². The highest BCUT2D eigenvalue weighted by atomic mass is 16.4. The van der Waals surface area contributed by atoms with Crippen LogP contribution in [0, 0.1) is 0 Å². The number of rotatable bonds is 3. The van der Waals surface area contributed by atoms with Gasteiger partial charge < -0.3 is 5.11 Å². The molecule has 1 N–H and O–H groups in total. The van der Waals surface area contributed by atoms with Crippen LogP contribution in [-0.2, 0) is 4.79 Å². The molecular weight excluding hydrogens is 208 g/mol. The van der Waals surface area contributed by atoms with Gasteiger partial charge in [0.25, 0.3) is 0 Å². The second kappa shape index (κ2) is 4.09. The molecule has 6 heteroatoms. The summed E-state index contributed by atoms with van der Waals surface area (Å²) in [6.45, 7) is 1.57. The van der Waals surface area contributed by atoms with Crippen LogP contribution in [0.1, 0.15) is 13.0 Å². The monoisotopic (exact) mass is 218 g/mol. The first kappa shape index (κ1) is 10.3. The van der Waals surface area contributed by atoms with Crippen LogP contribution < -0.4 is 0 Å². The highest BCUT2D eigenvalue weighted by Crippen LogP contribution is 2.16. The quantitative estimate of drug-likeness (QED) is 0.830. The van der Waals surface area contributed by atoms with Crippen molar-refractivity contribution in [1.82, 2.24) is 19.7 Å². The summed E-state index contributed by atoms with van der Waals surface area (Å²) in [7, 11) is 0. The Morgan fingerprint density at radius 3 is 2.88 bits per heavy atom. The molecule has 2 aromatic rings. The summed E-state index contributed by atoms with van der Waals surface area (Å²) in [5.74, 6) is -0.922. The number of carbonyl (C=O) groups is 1. The molecule has 1 unspecified atom stereocenters. The molecule has 82 valence electrons. The SMILES string of the molecule is CC(C(=O)O)n1cc(-c2cnccn2)cn1. The maximum absolute atomic E-state index is 10.8. The number of nitrogens with zero attached hydrogens (tertiary/aromatic N) is 4. The Morgan fingerprint density at radius 2 is 2.25 bits per heavy atom. The predicted molar refractivity (Wildman–Crippen MR) is 55.6 cm³/mol. The van der Waals surface area contributed by atoms with Gasteiger partial charge in [-0.25, -0.2) is 4.79 Å². The number of hydrogen-bond donors (Lipinski definition) is 1. The van der Waals surface area contributed by atoms with E-state index in [9.17, 15) is 4.79 Å². The first-order valence-electron chi connectivity index (χ1n) is 4.72. The van der Waals surface area contributed by atoms with E-state index in [0.29, 0.717) is 5.69 Å². The van der Waals surface area contributed by atoms with Crippen molar-refractivity contribution >= 4 is 5.97 Å². The van der Waals surface area contributed by atoms with E-state index in [2.05, 4.69) is 15.1 Å². The van der Waals surface area contributed by atoms with Gasteiger partial charge in [0.2, 0.25) is 0 Å². The molecule has 0 radical (unpaired) electrons. The molecule has 0 saturated carbocycles. The first-order valence-corrected chi connectivity index (χ1v) is 4.72. The summed E-state index contributed by atoms with van der Waals surface area (Å²) in [6, 6.07) is -0.689. The molecular formula is C10H10N4O2. The van der Waals surface area contributed by atoms with E-state index in [-0.39, 0.29) is 0 Å². The van der Waals surface area contributed by atoms with Gasteiger partial charge in [-0.3, -0.25) is 14.6 Å². The van der Waals surface area contributed by atoms with Crippen LogP contribution in [0.3, 0.4) is 0 Å². The van der Waals surface area contributed by atoms with Crippen LogP contribution >= 0.6 is 0 Å². The highest BCUT2D eigenvalue weighted by Gasteiger charge is 2.14. The third kappa shape index (κ3) is 1.90. The molecule has 16 heavy (non-hydrogen) atoms.